The Morgan fingerprint density at radius 3 is 2.67 bits per heavy atom. The molecule has 3 heterocycles. The fraction of sp³-hybridized carbons (Fsp3) is 0.346. The smallest absolute Gasteiger partial charge is 0.178 e. The predicted molar refractivity (Wildman–Crippen MR) is 154 cm³/mol. The normalized spacial score (nSPS) is 23.9. The number of aromatic nitrogens is 5. The maximum Gasteiger partial charge on any atom is 0.178 e. The van der Waals surface area contributed by atoms with Crippen molar-refractivity contribution in [2.45, 2.75) is 50.4 Å². The predicted octanol–water partition coefficient (Wildman–Crippen LogP) is 5.18. The molecule has 14 heteroatoms. The van der Waals surface area contributed by atoms with Crippen molar-refractivity contribution in [2.24, 2.45) is 0 Å². The van der Waals surface area contributed by atoms with Gasteiger partial charge in [-0.2, -0.15) is 10.2 Å². The Balaban J connectivity index is 1.60. The zero-order chi connectivity index (χ0) is 28.9. The van der Waals surface area contributed by atoms with Crippen LogP contribution in [0.3, 0.4) is 0 Å². The molecule has 1 fully saturated rings. The van der Waals surface area contributed by atoms with Crippen LogP contribution in [0.25, 0.3) is 16.8 Å². The van der Waals surface area contributed by atoms with Crippen LogP contribution in [-0.2, 0) is 9.47 Å². The van der Waals surface area contributed by atoms with Gasteiger partial charge in [-0.3, -0.25) is 4.68 Å². The molecule has 1 aliphatic rings. The highest BCUT2D eigenvalue weighted by Crippen LogP contribution is 2.41. The van der Waals surface area contributed by atoms with Crippen molar-refractivity contribution in [2.75, 3.05) is 7.11 Å². The molecule has 5 rings (SSSR count). The highest BCUT2D eigenvalue weighted by atomic mass is 127. The minimum atomic E-state index is -1.30. The van der Waals surface area contributed by atoms with Crippen molar-refractivity contribution in [3.8, 4) is 16.8 Å². The highest BCUT2D eigenvalue weighted by molar-refractivity contribution is 14.1. The molecule has 2 aromatic carbocycles. The number of ether oxygens (including phenoxy) is 2. The molecule has 6 atom stereocenters. The summed E-state index contributed by atoms with van der Waals surface area (Å²) in [5.74, 6) is -1.53. The summed E-state index contributed by atoms with van der Waals surface area (Å²) in [7, 11) is 1.43. The number of aryl methyl sites for hydroxylation is 1. The van der Waals surface area contributed by atoms with Gasteiger partial charge in [0.2, 0.25) is 0 Å². The van der Waals surface area contributed by atoms with E-state index in [2.05, 4.69) is 53.7 Å². The standard InChI is InChI=1S/C26H24BrClF2IN5O4/c1-11(37)23-24(39-3)21(35-10-13(9-32-35)15-5-6-16(28)20(30)19(15)29)22(38)25(40-23)26-33-12(2)34-36(26)18-8-14(27)4-7-17(18)31/h4-11,21-25,37-38H,1-3H3/t11?,21?,22?,23?,24-,25-/m1/s1. The quantitative estimate of drug-likeness (QED) is 0.207. The van der Waals surface area contributed by atoms with Gasteiger partial charge in [-0.1, -0.05) is 27.5 Å². The number of hydrogen-bond donors (Lipinski definition) is 2. The van der Waals surface area contributed by atoms with Crippen molar-refractivity contribution in [3.63, 3.8) is 0 Å². The average Bonchev–Trinajstić information content (AvgIpc) is 3.55. The maximum absolute atomic E-state index is 14.7. The van der Waals surface area contributed by atoms with Crippen molar-refractivity contribution in [1.82, 2.24) is 24.5 Å². The van der Waals surface area contributed by atoms with Crippen LogP contribution < -0.4 is 0 Å². The van der Waals surface area contributed by atoms with Crippen LogP contribution in [0.5, 0.6) is 0 Å². The van der Waals surface area contributed by atoms with Crippen LogP contribution in [0, 0.1) is 22.1 Å². The van der Waals surface area contributed by atoms with E-state index in [0.29, 0.717) is 17.3 Å². The Hall–Kier alpha value is -2.01. The summed E-state index contributed by atoms with van der Waals surface area (Å²) < 4.78 is 45.5. The summed E-state index contributed by atoms with van der Waals surface area (Å²) >= 11 is 11.4. The van der Waals surface area contributed by atoms with Crippen LogP contribution in [0.2, 0.25) is 5.02 Å². The summed E-state index contributed by atoms with van der Waals surface area (Å²) in [6, 6.07) is 7.37. The molecule has 4 aromatic rings. The molecule has 0 aliphatic carbocycles. The monoisotopic (exact) mass is 749 g/mol. The van der Waals surface area contributed by atoms with E-state index in [1.807, 2.05) is 18.2 Å². The Morgan fingerprint density at radius 1 is 1.23 bits per heavy atom. The van der Waals surface area contributed by atoms with Gasteiger partial charge < -0.3 is 19.7 Å². The lowest BCUT2D eigenvalue weighted by Crippen LogP contribution is -2.56. The minimum Gasteiger partial charge on any atom is -0.391 e. The Kier molecular flexibility index (Phi) is 8.62. The second-order valence-electron chi connectivity index (χ2n) is 9.40. The fourth-order valence-corrected chi connectivity index (χ4v) is 5.97. The molecule has 2 N–H and O–H groups in total. The average molecular weight is 751 g/mol. The molecule has 0 spiro atoms. The van der Waals surface area contributed by atoms with E-state index >= 15 is 0 Å². The van der Waals surface area contributed by atoms with Crippen LogP contribution in [0.15, 0.2) is 47.2 Å². The van der Waals surface area contributed by atoms with Crippen LogP contribution in [-0.4, -0.2) is 66.3 Å². The van der Waals surface area contributed by atoms with Gasteiger partial charge in [0.15, 0.2) is 17.5 Å². The molecule has 1 aliphatic heterocycles. The van der Waals surface area contributed by atoms with Crippen LogP contribution in [0.1, 0.15) is 30.7 Å². The van der Waals surface area contributed by atoms with E-state index in [1.165, 1.54) is 36.3 Å². The maximum atomic E-state index is 14.7. The molecule has 0 radical (unpaired) electrons. The molecule has 0 amide bonds. The highest BCUT2D eigenvalue weighted by Gasteiger charge is 2.50. The summed E-state index contributed by atoms with van der Waals surface area (Å²) in [5.41, 5.74) is 0.920. The number of hydrogen-bond acceptors (Lipinski definition) is 7. The first-order chi connectivity index (χ1) is 19.0. The molecule has 40 heavy (non-hydrogen) atoms. The largest absolute Gasteiger partial charge is 0.391 e. The van der Waals surface area contributed by atoms with Crippen molar-refractivity contribution < 1.29 is 28.5 Å². The molecule has 1 saturated heterocycles. The zero-order valence-corrected chi connectivity index (χ0v) is 25.8. The second-order valence-corrected chi connectivity index (χ2v) is 11.9. The number of aliphatic hydroxyl groups excluding tert-OH is 2. The lowest BCUT2D eigenvalue weighted by Gasteiger charge is -2.45. The van der Waals surface area contributed by atoms with E-state index in [-0.39, 0.29) is 16.1 Å². The van der Waals surface area contributed by atoms with Crippen LogP contribution in [0.4, 0.5) is 8.78 Å². The van der Waals surface area contributed by atoms with Gasteiger partial charge in [0.1, 0.15) is 36.3 Å². The Bertz CT molecular complexity index is 1550. The third-order valence-corrected chi connectivity index (χ3v) is 8.45. The van der Waals surface area contributed by atoms with Crippen molar-refractivity contribution in [1.29, 1.82) is 0 Å². The third kappa shape index (κ3) is 5.32. The summed E-state index contributed by atoms with van der Waals surface area (Å²) in [6.45, 7) is 3.28. The number of halogens is 5. The first kappa shape index (κ1) is 29.5. The van der Waals surface area contributed by atoms with E-state index in [0.717, 1.165) is 8.04 Å². The summed E-state index contributed by atoms with van der Waals surface area (Å²) in [6.07, 6.45) is -2.33. The Morgan fingerprint density at radius 2 is 1.98 bits per heavy atom. The topological polar surface area (TPSA) is 107 Å². The Labute approximate surface area is 255 Å². The van der Waals surface area contributed by atoms with Gasteiger partial charge in [-0.25, -0.2) is 18.4 Å². The lowest BCUT2D eigenvalue weighted by molar-refractivity contribution is -0.230. The van der Waals surface area contributed by atoms with E-state index in [4.69, 9.17) is 21.1 Å². The van der Waals surface area contributed by atoms with E-state index in [9.17, 15) is 19.0 Å². The number of rotatable bonds is 6. The molecule has 212 valence electrons. The second kappa shape index (κ2) is 11.7. The third-order valence-electron chi connectivity index (χ3n) is 6.75. The fourth-order valence-electron chi connectivity index (χ4n) is 4.91. The molecular formula is C26H24BrClF2IN5O4. The van der Waals surface area contributed by atoms with E-state index in [1.54, 1.807) is 18.5 Å². The number of methoxy groups -OCH3 is 1. The summed E-state index contributed by atoms with van der Waals surface area (Å²) in [5, 5.41) is 31.0. The molecule has 0 bridgehead atoms. The van der Waals surface area contributed by atoms with Gasteiger partial charge in [0.05, 0.1) is 23.0 Å². The number of benzene rings is 2. The van der Waals surface area contributed by atoms with Gasteiger partial charge in [0.25, 0.3) is 0 Å². The lowest BCUT2D eigenvalue weighted by atomic mass is 9.89. The molecule has 2 aromatic heterocycles. The van der Waals surface area contributed by atoms with Gasteiger partial charge in [0, 0.05) is 32.5 Å². The number of aliphatic hydroxyl groups is 2. The molecule has 4 unspecified atom stereocenters. The van der Waals surface area contributed by atoms with Crippen molar-refractivity contribution in [3.05, 3.63) is 79.1 Å². The van der Waals surface area contributed by atoms with Gasteiger partial charge in [-0.15, -0.1) is 0 Å². The molecule has 9 nitrogen and oxygen atoms in total. The number of nitrogens with zero attached hydrogens (tertiary/aromatic N) is 5. The van der Waals surface area contributed by atoms with Gasteiger partial charge >= 0.3 is 0 Å². The van der Waals surface area contributed by atoms with Gasteiger partial charge in [-0.05, 0) is 66.8 Å². The first-order valence-electron chi connectivity index (χ1n) is 12.1. The minimum absolute atomic E-state index is 0.0492. The summed E-state index contributed by atoms with van der Waals surface area (Å²) in [4.78, 5) is 4.58. The van der Waals surface area contributed by atoms with Crippen molar-refractivity contribution >= 4 is 50.1 Å². The first-order valence-corrected chi connectivity index (χ1v) is 14.4. The SMILES string of the molecule is CO[C@H]1C(C(C)O)O[C@@H](c2nc(C)nn2-c2cc(Br)ccc2I)C(O)C1n1cc(-c2ccc(Cl)c(F)c2F)cn1. The molecular weight excluding hydrogens is 727 g/mol. The van der Waals surface area contributed by atoms with Crippen LogP contribution >= 0.6 is 50.1 Å². The zero-order valence-electron chi connectivity index (χ0n) is 21.3. The molecule has 0 saturated carbocycles. The van der Waals surface area contributed by atoms with E-state index < -0.39 is 48.2 Å².